The van der Waals surface area contributed by atoms with Gasteiger partial charge in [0.05, 0.1) is 27.4 Å². The fourth-order valence-electron chi connectivity index (χ4n) is 2.41. The Morgan fingerprint density at radius 2 is 1.43 bits per heavy atom. The summed E-state index contributed by atoms with van der Waals surface area (Å²) >= 11 is 0. The zero-order chi connectivity index (χ0) is 16.8. The van der Waals surface area contributed by atoms with Crippen LogP contribution in [0.5, 0.6) is 23.0 Å². The SMILES string of the molecule is COc1ccc(CC(OC)c2cc(OC)c(O)c(OC)c2)cc1. The molecule has 0 radical (unpaired) electrons. The van der Waals surface area contributed by atoms with Gasteiger partial charge in [-0.05, 0) is 35.4 Å². The first-order valence-corrected chi connectivity index (χ1v) is 7.23. The van der Waals surface area contributed by atoms with Gasteiger partial charge < -0.3 is 24.1 Å². The third-order valence-electron chi connectivity index (χ3n) is 3.74. The van der Waals surface area contributed by atoms with Crippen molar-refractivity contribution in [2.45, 2.75) is 12.5 Å². The van der Waals surface area contributed by atoms with Gasteiger partial charge in [0, 0.05) is 13.5 Å². The molecular weight excluding hydrogens is 296 g/mol. The molecule has 2 aromatic rings. The summed E-state index contributed by atoms with van der Waals surface area (Å²) in [6.07, 6.45) is 0.490. The number of rotatable bonds is 7. The Kier molecular flexibility index (Phi) is 5.71. The molecule has 0 saturated heterocycles. The monoisotopic (exact) mass is 318 g/mol. The number of phenolic OH excluding ortho intramolecular Hbond substituents is 1. The van der Waals surface area contributed by atoms with E-state index in [0.717, 1.165) is 16.9 Å². The van der Waals surface area contributed by atoms with Gasteiger partial charge in [0.25, 0.3) is 0 Å². The zero-order valence-electron chi connectivity index (χ0n) is 13.8. The summed E-state index contributed by atoms with van der Waals surface area (Å²) in [4.78, 5) is 0. The van der Waals surface area contributed by atoms with Gasteiger partial charge >= 0.3 is 0 Å². The van der Waals surface area contributed by atoms with Gasteiger partial charge in [-0.2, -0.15) is 0 Å². The Morgan fingerprint density at radius 1 is 0.870 bits per heavy atom. The van der Waals surface area contributed by atoms with Crippen LogP contribution in [0.25, 0.3) is 0 Å². The van der Waals surface area contributed by atoms with E-state index in [9.17, 15) is 5.11 Å². The molecule has 0 aliphatic carbocycles. The van der Waals surface area contributed by atoms with Crippen molar-refractivity contribution in [1.29, 1.82) is 0 Å². The molecule has 0 bridgehead atoms. The van der Waals surface area contributed by atoms with Gasteiger partial charge in [-0.15, -0.1) is 0 Å². The first-order chi connectivity index (χ1) is 11.1. The third-order valence-corrected chi connectivity index (χ3v) is 3.74. The molecule has 2 aromatic carbocycles. The van der Waals surface area contributed by atoms with Crippen molar-refractivity contribution in [2.24, 2.45) is 0 Å². The quantitative estimate of drug-likeness (QED) is 0.848. The predicted octanol–water partition coefficient (Wildman–Crippen LogP) is 3.35. The molecule has 1 N–H and O–H groups in total. The first kappa shape index (κ1) is 17.0. The van der Waals surface area contributed by atoms with Crippen LogP contribution in [0.2, 0.25) is 0 Å². The Balaban J connectivity index is 2.29. The second-order valence-electron chi connectivity index (χ2n) is 5.05. The van der Waals surface area contributed by atoms with E-state index in [1.807, 2.05) is 24.3 Å². The molecule has 0 amide bonds. The molecule has 0 fully saturated rings. The van der Waals surface area contributed by atoms with E-state index in [2.05, 4.69) is 0 Å². The van der Waals surface area contributed by atoms with Crippen LogP contribution in [0, 0.1) is 0 Å². The van der Waals surface area contributed by atoms with Crippen LogP contribution in [-0.4, -0.2) is 33.5 Å². The highest BCUT2D eigenvalue weighted by atomic mass is 16.5. The molecule has 0 saturated carbocycles. The molecule has 1 unspecified atom stereocenters. The third kappa shape index (κ3) is 3.87. The lowest BCUT2D eigenvalue weighted by Gasteiger charge is -2.19. The number of hydrogen-bond acceptors (Lipinski definition) is 5. The molecule has 2 rings (SSSR count). The maximum absolute atomic E-state index is 10.0. The van der Waals surface area contributed by atoms with E-state index >= 15 is 0 Å². The van der Waals surface area contributed by atoms with Crippen LogP contribution in [0.1, 0.15) is 17.2 Å². The second kappa shape index (κ2) is 7.74. The number of hydrogen-bond donors (Lipinski definition) is 1. The molecule has 1 atom stereocenters. The fraction of sp³-hybridized carbons (Fsp3) is 0.333. The summed E-state index contributed by atoms with van der Waals surface area (Å²) in [5.74, 6) is 1.51. The minimum absolute atomic E-state index is 0.0157. The van der Waals surface area contributed by atoms with E-state index < -0.39 is 0 Å². The number of phenols is 1. The highest BCUT2D eigenvalue weighted by Crippen LogP contribution is 2.39. The van der Waals surface area contributed by atoms with Gasteiger partial charge in [0.1, 0.15) is 5.75 Å². The van der Waals surface area contributed by atoms with Crippen molar-refractivity contribution in [3.8, 4) is 23.0 Å². The van der Waals surface area contributed by atoms with E-state index in [1.54, 1.807) is 26.4 Å². The predicted molar refractivity (Wildman–Crippen MR) is 87.7 cm³/mol. The van der Waals surface area contributed by atoms with Crippen LogP contribution in [0.15, 0.2) is 36.4 Å². The molecule has 5 nitrogen and oxygen atoms in total. The molecule has 0 spiro atoms. The van der Waals surface area contributed by atoms with E-state index in [0.29, 0.717) is 17.9 Å². The number of benzene rings is 2. The molecular formula is C18H22O5. The lowest BCUT2D eigenvalue weighted by Crippen LogP contribution is -2.06. The van der Waals surface area contributed by atoms with E-state index in [-0.39, 0.29) is 11.9 Å². The van der Waals surface area contributed by atoms with Crippen LogP contribution in [-0.2, 0) is 11.2 Å². The minimum atomic E-state index is -0.188. The number of ether oxygens (including phenoxy) is 4. The largest absolute Gasteiger partial charge is 0.502 e. The average molecular weight is 318 g/mol. The Morgan fingerprint density at radius 3 is 1.87 bits per heavy atom. The van der Waals surface area contributed by atoms with Gasteiger partial charge in [0.15, 0.2) is 11.5 Å². The summed E-state index contributed by atoms with van der Waals surface area (Å²) in [5.41, 5.74) is 1.98. The first-order valence-electron chi connectivity index (χ1n) is 7.23. The molecule has 0 heterocycles. The second-order valence-corrected chi connectivity index (χ2v) is 5.05. The van der Waals surface area contributed by atoms with Crippen LogP contribution < -0.4 is 14.2 Å². The lowest BCUT2D eigenvalue weighted by atomic mass is 10.00. The van der Waals surface area contributed by atoms with Gasteiger partial charge in [0.2, 0.25) is 5.75 Å². The fourth-order valence-corrected chi connectivity index (χ4v) is 2.41. The van der Waals surface area contributed by atoms with Gasteiger partial charge in [-0.1, -0.05) is 12.1 Å². The zero-order valence-corrected chi connectivity index (χ0v) is 13.8. The standard InChI is InChI=1S/C18H22O5/c1-20-14-7-5-12(6-8-14)9-15(21-2)13-10-16(22-3)18(19)17(11-13)23-4/h5-8,10-11,15,19H,9H2,1-4H3. The number of aromatic hydroxyl groups is 1. The summed E-state index contributed by atoms with van der Waals surface area (Å²) in [6, 6.07) is 11.4. The summed E-state index contributed by atoms with van der Waals surface area (Å²) < 4.78 is 21.2. The van der Waals surface area contributed by atoms with Crippen molar-refractivity contribution >= 4 is 0 Å². The molecule has 124 valence electrons. The van der Waals surface area contributed by atoms with Crippen molar-refractivity contribution < 1.29 is 24.1 Å². The summed E-state index contributed by atoms with van der Waals surface area (Å²) in [6.45, 7) is 0. The summed E-state index contributed by atoms with van der Waals surface area (Å²) in [7, 11) is 6.30. The maximum atomic E-state index is 10.0. The normalized spacial score (nSPS) is 11.8. The Bertz CT molecular complexity index is 611. The Labute approximate surface area is 136 Å². The van der Waals surface area contributed by atoms with Crippen LogP contribution in [0.4, 0.5) is 0 Å². The maximum Gasteiger partial charge on any atom is 0.200 e. The molecule has 0 aliphatic rings. The smallest absolute Gasteiger partial charge is 0.200 e. The molecule has 0 aromatic heterocycles. The highest BCUT2D eigenvalue weighted by molar-refractivity contribution is 5.53. The van der Waals surface area contributed by atoms with Crippen LogP contribution in [0.3, 0.4) is 0 Å². The molecule has 0 aliphatic heterocycles. The highest BCUT2D eigenvalue weighted by Gasteiger charge is 2.18. The lowest BCUT2D eigenvalue weighted by molar-refractivity contribution is 0.103. The van der Waals surface area contributed by atoms with Crippen LogP contribution >= 0.6 is 0 Å². The van der Waals surface area contributed by atoms with E-state index in [1.165, 1.54) is 14.2 Å². The average Bonchev–Trinajstić information content (AvgIpc) is 2.60. The Hall–Kier alpha value is -2.40. The molecule has 23 heavy (non-hydrogen) atoms. The summed E-state index contributed by atoms with van der Waals surface area (Å²) in [5, 5.41) is 10.0. The van der Waals surface area contributed by atoms with Crippen molar-refractivity contribution in [3.05, 3.63) is 47.5 Å². The number of methoxy groups -OCH3 is 4. The van der Waals surface area contributed by atoms with E-state index in [4.69, 9.17) is 18.9 Å². The minimum Gasteiger partial charge on any atom is -0.502 e. The molecule has 5 heteroatoms. The van der Waals surface area contributed by atoms with Gasteiger partial charge in [-0.25, -0.2) is 0 Å². The van der Waals surface area contributed by atoms with Crippen molar-refractivity contribution in [2.75, 3.05) is 28.4 Å². The van der Waals surface area contributed by atoms with Gasteiger partial charge in [-0.3, -0.25) is 0 Å². The van der Waals surface area contributed by atoms with Crippen molar-refractivity contribution in [1.82, 2.24) is 0 Å². The topological polar surface area (TPSA) is 57.2 Å². The van der Waals surface area contributed by atoms with Crippen molar-refractivity contribution in [3.63, 3.8) is 0 Å².